The summed E-state index contributed by atoms with van der Waals surface area (Å²) in [6.45, 7) is 0.370. The molecular formula is C14H11BrN2O3. The first-order chi connectivity index (χ1) is 9.58. The highest BCUT2D eigenvalue weighted by Gasteiger charge is 2.15. The van der Waals surface area contributed by atoms with Crippen LogP contribution in [0.25, 0.3) is 0 Å². The summed E-state index contributed by atoms with van der Waals surface area (Å²) in [7, 11) is 0. The van der Waals surface area contributed by atoms with Crippen molar-refractivity contribution in [3.63, 3.8) is 0 Å². The molecule has 2 rings (SSSR count). The quantitative estimate of drug-likeness (QED) is 0.688. The third kappa shape index (κ3) is 3.42. The lowest BCUT2D eigenvalue weighted by Gasteiger charge is -2.07. The summed E-state index contributed by atoms with van der Waals surface area (Å²) in [5, 5.41) is 13.5. The second-order valence-electron chi connectivity index (χ2n) is 4.09. The summed E-state index contributed by atoms with van der Waals surface area (Å²) >= 11 is 3.22. The second kappa shape index (κ2) is 6.29. The molecule has 0 radical (unpaired) electrons. The number of nitro benzene ring substituents is 1. The van der Waals surface area contributed by atoms with Gasteiger partial charge in [-0.1, -0.05) is 30.3 Å². The van der Waals surface area contributed by atoms with Gasteiger partial charge in [0.2, 0.25) is 0 Å². The molecule has 0 aliphatic heterocycles. The van der Waals surface area contributed by atoms with E-state index >= 15 is 0 Å². The SMILES string of the molecule is O=C(NCc1ccccc1)c1cc([N+](=O)[O-])ccc1Br. The third-order valence-corrected chi connectivity index (χ3v) is 3.39. The fourth-order valence-electron chi connectivity index (χ4n) is 1.67. The smallest absolute Gasteiger partial charge is 0.270 e. The molecule has 1 amide bonds. The Morgan fingerprint density at radius 1 is 1.20 bits per heavy atom. The maximum Gasteiger partial charge on any atom is 0.270 e. The average molecular weight is 335 g/mol. The van der Waals surface area contributed by atoms with E-state index in [2.05, 4.69) is 21.2 Å². The number of halogens is 1. The van der Waals surface area contributed by atoms with Gasteiger partial charge >= 0.3 is 0 Å². The summed E-state index contributed by atoms with van der Waals surface area (Å²) in [6, 6.07) is 13.5. The first-order valence-corrected chi connectivity index (χ1v) is 6.63. The zero-order valence-corrected chi connectivity index (χ0v) is 12.0. The molecule has 0 fully saturated rings. The Morgan fingerprint density at radius 2 is 1.90 bits per heavy atom. The zero-order valence-electron chi connectivity index (χ0n) is 10.4. The van der Waals surface area contributed by atoms with Gasteiger partial charge in [0.1, 0.15) is 0 Å². The molecule has 2 aromatic carbocycles. The van der Waals surface area contributed by atoms with Gasteiger partial charge in [-0.3, -0.25) is 14.9 Å². The van der Waals surface area contributed by atoms with Crippen molar-refractivity contribution in [3.05, 3.63) is 74.2 Å². The molecule has 0 unspecified atom stereocenters. The van der Waals surface area contributed by atoms with E-state index in [1.54, 1.807) is 0 Å². The first-order valence-electron chi connectivity index (χ1n) is 5.84. The number of hydrogen-bond donors (Lipinski definition) is 1. The molecule has 102 valence electrons. The molecule has 0 heterocycles. The van der Waals surface area contributed by atoms with E-state index < -0.39 is 4.92 Å². The van der Waals surface area contributed by atoms with Crippen molar-refractivity contribution in [2.24, 2.45) is 0 Å². The molecule has 0 aliphatic carbocycles. The van der Waals surface area contributed by atoms with Crippen molar-refractivity contribution in [2.75, 3.05) is 0 Å². The van der Waals surface area contributed by atoms with Gasteiger partial charge in [-0.2, -0.15) is 0 Å². The van der Waals surface area contributed by atoms with E-state index in [4.69, 9.17) is 0 Å². The number of amides is 1. The van der Waals surface area contributed by atoms with E-state index in [1.807, 2.05) is 30.3 Å². The van der Waals surface area contributed by atoms with Crippen LogP contribution in [0.3, 0.4) is 0 Å². The minimum atomic E-state index is -0.527. The number of hydrogen-bond acceptors (Lipinski definition) is 3. The van der Waals surface area contributed by atoms with Crippen LogP contribution in [0.15, 0.2) is 53.0 Å². The van der Waals surface area contributed by atoms with E-state index in [0.717, 1.165) is 5.56 Å². The van der Waals surface area contributed by atoms with Crippen LogP contribution in [0.2, 0.25) is 0 Å². The Hall–Kier alpha value is -2.21. The molecule has 2 aromatic rings. The summed E-state index contributed by atoms with van der Waals surface area (Å²) in [5.74, 6) is -0.357. The van der Waals surface area contributed by atoms with Crippen molar-refractivity contribution < 1.29 is 9.72 Å². The molecule has 0 saturated carbocycles. The topological polar surface area (TPSA) is 72.2 Å². The lowest BCUT2D eigenvalue weighted by atomic mass is 10.1. The van der Waals surface area contributed by atoms with Crippen LogP contribution in [0.5, 0.6) is 0 Å². The Labute approximate surface area is 123 Å². The largest absolute Gasteiger partial charge is 0.348 e. The standard InChI is InChI=1S/C14H11BrN2O3/c15-13-7-6-11(17(19)20)8-12(13)14(18)16-9-10-4-2-1-3-5-10/h1-8H,9H2,(H,16,18). The number of nitrogens with one attached hydrogen (secondary N) is 1. The summed E-state index contributed by atoms with van der Waals surface area (Å²) in [6.07, 6.45) is 0. The molecule has 0 aromatic heterocycles. The summed E-state index contributed by atoms with van der Waals surface area (Å²) < 4.78 is 0.522. The Kier molecular flexibility index (Phi) is 4.47. The summed E-state index contributed by atoms with van der Waals surface area (Å²) in [5.41, 5.74) is 1.09. The fraction of sp³-hybridized carbons (Fsp3) is 0.0714. The predicted octanol–water partition coefficient (Wildman–Crippen LogP) is 3.29. The van der Waals surface area contributed by atoms with Gasteiger partial charge in [0.25, 0.3) is 11.6 Å². The minimum absolute atomic E-state index is 0.113. The van der Waals surface area contributed by atoms with E-state index in [9.17, 15) is 14.9 Å². The highest BCUT2D eigenvalue weighted by Crippen LogP contribution is 2.22. The van der Waals surface area contributed by atoms with Crippen molar-refractivity contribution >= 4 is 27.5 Å². The monoisotopic (exact) mass is 334 g/mol. The molecular weight excluding hydrogens is 324 g/mol. The molecule has 20 heavy (non-hydrogen) atoms. The predicted molar refractivity (Wildman–Crippen MR) is 78.4 cm³/mol. The highest BCUT2D eigenvalue weighted by molar-refractivity contribution is 9.10. The molecule has 0 atom stereocenters. The number of nitro groups is 1. The molecule has 6 heteroatoms. The molecule has 5 nitrogen and oxygen atoms in total. The molecule has 1 N–H and O–H groups in total. The van der Waals surface area contributed by atoms with E-state index in [-0.39, 0.29) is 17.2 Å². The number of benzene rings is 2. The molecule has 0 aliphatic rings. The fourth-order valence-corrected chi connectivity index (χ4v) is 2.10. The zero-order chi connectivity index (χ0) is 14.5. The molecule has 0 spiro atoms. The van der Waals surface area contributed by atoms with Crippen molar-refractivity contribution in [3.8, 4) is 0 Å². The average Bonchev–Trinajstić information content (AvgIpc) is 2.46. The normalized spacial score (nSPS) is 10.1. The van der Waals surface area contributed by atoms with Crippen LogP contribution in [0.1, 0.15) is 15.9 Å². The number of carbonyl (C=O) groups is 1. The van der Waals surface area contributed by atoms with Crippen LogP contribution < -0.4 is 5.32 Å². The minimum Gasteiger partial charge on any atom is -0.348 e. The highest BCUT2D eigenvalue weighted by atomic mass is 79.9. The number of rotatable bonds is 4. The second-order valence-corrected chi connectivity index (χ2v) is 4.94. The van der Waals surface area contributed by atoms with Gasteiger partial charge in [0.15, 0.2) is 0 Å². The number of carbonyl (C=O) groups excluding carboxylic acids is 1. The van der Waals surface area contributed by atoms with Crippen LogP contribution in [-0.2, 0) is 6.54 Å². The van der Waals surface area contributed by atoms with Crippen LogP contribution in [0.4, 0.5) is 5.69 Å². The van der Waals surface area contributed by atoms with Gasteiger partial charge in [-0.15, -0.1) is 0 Å². The molecule has 0 saturated heterocycles. The van der Waals surface area contributed by atoms with E-state index in [0.29, 0.717) is 11.0 Å². The van der Waals surface area contributed by atoms with Gasteiger partial charge in [-0.25, -0.2) is 0 Å². The van der Waals surface area contributed by atoms with Gasteiger partial charge in [0.05, 0.1) is 10.5 Å². The Bertz CT molecular complexity index is 644. The maximum atomic E-state index is 12.0. The van der Waals surface area contributed by atoms with Gasteiger partial charge in [-0.05, 0) is 27.6 Å². The van der Waals surface area contributed by atoms with Crippen LogP contribution >= 0.6 is 15.9 Å². The number of nitrogens with zero attached hydrogens (tertiary/aromatic N) is 1. The maximum absolute atomic E-state index is 12.0. The van der Waals surface area contributed by atoms with E-state index in [1.165, 1.54) is 18.2 Å². The Morgan fingerprint density at radius 3 is 2.55 bits per heavy atom. The van der Waals surface area contributed by atoms with Crippen LogP contribution in [-0.4, -0.2) is 10.8 Å². The molecule has 0 bridgehead atoms. The Balaban J connectivity index is 2.13. The van der Waals surface area contributed by atoms with Crippen LogP contribution in [0, 0.1) is 10.1 Å². The lowest BCUT2D eigenvalue weighted by Crippen LogP contribution is -2.23. The van der Waals surface area contributed by atoms with Crippen molar-refractivity contribution in [1.29, 1.82) is 0 Å². The third-order valence-electron chi connectivity index (χ3n) is 2.70. The van der Waals surface area contributed by atoms with Gasteiger partial charge < -0.3 is 5.32 Å². The van der Waals surface area contributed by atoms with Crippen molar-refractivity contribution in [2.45, 2.75) is 6.54 Å². The summed E-state index contributed by atoms with van der Waals surface area (Å²) in [4.78, 5) is 22.2. The number of non-ortho nitro benzene ring substituents is 1. The van der Waals surface area contributed by atoms with Gasteiger partial charge in [0, 0.05) is 23.2 Å². The first kappa shape index (κ1) is 14.2. The lowest BCUT2D eigenvalue weighted by molar-refractivity contribution is -0.384. The van der Waals surface area contributed by atoms with Crippen molar-refractivity contribution in [1.82, 2.24) is 5.32 Å².